The van der Waals surface area contributed by atoms with Crippen LogP contribution in [0.4, 0.5) is 0 Å². The molecule has 0 spiro atoms. The number of fused-ring (bicyclic) bond motifs is 1. The number of amides is 1. The van der Waals surface area contributed by atoms with Gasteiger partial charge in [0.2, 0.25) is 0 Å². The standard InChI is InChI=1S/C27H22Br2N2O4/c1-33-25-10-5-18(12-26(25)35-16-19-3-2-4-22(28)11-19)15-30-31-27(32)17-34-24-9-7-20-13-23(29)8-6-21(20)14-24/h2-15H,16-17H2,1H3,(H,31,32)/b30-15+. The van der Waals surface area contributed by atoms with Gasteiger partial charge in [0.1, 0.15) is 12.4 Å². The number of methoxy groups -OCH3 is 1. The average Bonchev–Trinajstić information content (AvgIpc) is 2.86. The van der Waals surface area contributed by atoms with Gasteiger partial charge in [-0.2, -0.15) is 5.10 Å². The fraction of sp³-hybridized carbons (Fsp3) is 0.111. The Morgan fingerprint density at radius 2 is 1.69 bits per heavy atom. The normalized spacial score (nSPS) is 10.9. The van der Waals surface area contributed by atoms with Gasteiger partial charge in [0.05, 0.1) is 13.3 Å². The molecule has 1 N–H and O–H groups in total. The minimum Gasteiger partial charge on any atom is -0.493 e. The summed E-state index contributed by atoms with van der Waals surface area (Å²) < 4.78 is 18.9. The lowest BCUT2D eigenvalue weighted by atomic mass is 10.1. The van der Waals surface area contributed by atoms with Gasteiger partial charge in [0.25, 0.3) is 5.91 Å². The number of rotatable bonds is 9. The first-order valence-corrected chi connectivity index (χ1v) is 12.3. The Labute approximate surface area is 220 Å². The summed E-state index contributed by atoms with van der Waals surface area (Å²) in [6, 6.07) is 25.0. The summed E-state index contributed by atoms with van der Waals surface area (Å²) in [5.74, 6) is 1.44. The molecular weight excluding hydrogens is 576 g/mol. The first-order valence-electron chi connectivity index (χ1n) is 10.7. The molecule has 0 saturated heterocycles. The highest BCUT2D eigenvalue weighted by molar-refractivity contribution is 9.10. The van der Waals surface area contributed by atoms with Gasteiger partial charge in [0.15, 0.2) is 18.1 Å². The molecule has 0 fully saturated rings. The molecule has 0 heterocycles. The number of hydrogen-bond donors (Lipinski definition) is 1. The molecule has 0 bridgehead atoms. The summed E-state index contributed by atoms with van der Waals surface area (Å²) in [6.07, 6.45) is 1.54. The molecule has 0 atom stereocenters. The van der Waals surface area contributed by atoms with E-state index in [9.17, 15) is 4.79 Å². The van der Waals surface area contributed by atoms with E-state index in [2.05, 4.69) is 42.4 Å². The van der Waals surface area contributed by atoms with Gasteiger partial charge in [-0.1, -0.05) is 56.1 Å². The Bertz CT molecular complexity index is 1370. The highest BCUT2D eigenvalue weighted by atomic mass is 79.9. The van der Waals surface area contributed by atoms with Crippen molar-refractivity contribution < 1.29 is 19.0 Å². The molecule has 178 valence electrons. The Balaban J connectivity index is 1.32. The van der Waals surface area contributed by atoms with Crippen molar-refractivity contribution in [1.29, 1.82) is 0 Å². The lowest BCUT2D eigenvalue weighted by Gasteiger charge is -2.11. The molecule has 4 aromatic carbocycles. The molecule has 35 heavy (non-hydrogen) atoms. The zero-order chi connectivity index (χ0) is 24.6. The zero-order valence-corrected chi connectivity index (χ0v) is 22.0. The van der Waals surface area contributed by atoms with Crippen LogP contribution in [0.15, 0.2) is 92.9 Å². The topological polar surface area (TPSA) is 69.2 Å². The smallest absolute Gasteiger partial charge is 0.277 e. The van der Waals surface area contributed by atoms with Gasteiger partial charge in [0, 0.05) is 8.95 Å². The highest BCUT2D eigenvalue weighted by Gasteiger charge is 2.07. The van der Waals surface area contributed by atoms with Gasteiger partial charge >= 0.3 is 0 Å². The van der Waals surface area contributed by atoms with Crippen LogP contribution in [0.3, 0.4) is 0 Å². The summed E-state index contributed by atoms with van der Waals surface area (Å²) >= 11 is 6.92. The molecule has 0 aromatic heterocycles. The number of carbonyl (C=O) groups is 1. The van der Waals surface area contributed by atoms with Crippen LogP contribution < -0.4 is 19.6 Å². The van der Waals surface area contributed by atoms with Gasteiger partial charge in [-0.3, -0.25) is 4.79 Å². The van der Waals surface area contributed by atoms with Crippen molar-refractivity contribution in [2.45, 2.75) is 6.61 Å². The summed E-state index contributed by atoms with van der Waals surface area (Å²) in [5.41, 5.74) is 4.25. The van der Waals surface area contributed by atoms with Gasteiger partial charge in [-0.05, 0) is 76.5 Å². The van der Waals surface area contributed by atoms with E-state index >= 15 is 0 Å². The number of halogens is 2. The van der Waals surface area contributed by atoms with Crippen LogP contribution in [0.25, 0.3) is 10.8 Å². The van der Waals surface area contributed by atoms with Crippen molar-refractivity contribution >= 4 is 54.8 Å². The quantitative estimate of drug-likeness (QED) is 0.177. The van der Waals surface area contributed by atoms with Crippen LogP contribution in [0, 0.1) is 0 Å². The second kappa shape index (κ2) is 11.9. The molecule has 0 saturated carbocycles. The van der Waals surface area contributed by atoms with E-state index in [1.807, 2.05) is 66.7 Å². The van der Waals surface area contributed by atoms with E-state index in [1.165, 1.54) is 6.21 Å². The maximum absolute atomic E-state index is 12.2. The first kappa shape index (κ1) is 24.8. The fourth-order valence-corrected chi connectivity index (χ4v) is 4.14. The third kappa shape index (κ3) is 7.07. The molecule has 0 aliphatic heterocycles. The van der Waals surface area contributed by atoms with Crippen LogP contribution in [-0.4, -0.2) is 25.8 Å². The van der Waals surface area contributed by atoms with Crippen LogP contribution in [0.2, 0.25) is 0 Å². The monoisotopic (exact) mass is 596 g/mol. The van der Waals surface area contributed by atoms with E-state index in [0.29, 0.717) is 23.9 Å². The summed E-state index contributed by atoms with van der Waals surface area (Å²) in [5, 5.41) is 6.14. The molecule has 4 rings (SSSR count). The maximum Gasteiger partial charge on any atom is 0.277 e. The predicted molar refractivity (Wildman–Crippen MR) is 144 cm³/mol. The largest absolute Gasteiger partial charge is 0.493 e. The maximum atomic E-state index is 12.2. The van der Waals surface area contributed by atoms with Crippen molar-refractivity contribution in [1.82, 2.24) is 5.43 Å². The van der Waals surface area contributed by atoms with Crippen molar-refractivity contribution in [2.75, 3.05) is 13.7 Å². The Kier molecular flexibility index (Phi) is 8.39. The van der Waals surface area contributed by atoms with Gasteiger partial charge in [-0.25, -0.2) is 5.43 Å². The summed E-state index contributed by atoms with van der Waals surface area (Å²) in [6.45, 7) is 0.236. The van der Waals surface area contributed by atoms with Crippen molar-refractivity contribution in [2.24, 2.45) is 5.10 Å². The summed E-state index contributed by atoms with van der Waals surface area (Å²) in [7, 11) is 1.59. The van der Waals surface area contributed by atoms with E-state index in [4.69, 9.17) is 14.2 Å². The number of hydrazone groups is 1. The molecule has 0 aliphatic carbocycles. The molecule has 0 radical (unpaired) electrons. The van der Waals surface area contributed by atoms with E-state index in [-0.39, 0.29) is 12.5 Å². The van der Waals surface area contributed by atoms with Crippen molar-refractivity contribution in [3.05, 3.63) is 98.9 Å². The Morgan fingerprint density at radius 1 is 0.886 bits per heavy atom. The number of benzene rings is 4. The second-order valence-corrected chi connectivity index (χ2v) is 9.40. The zero-order valence-electron chi connectivity index (χ0n) is 18.8. The van der Waals surface area contributed by atoms with Crippen LogP contribution in [0.1, 0.15) is 11.1 Å². The first-order chi connectivity index (χ1) is 17.0. The minimum atomic E-state index is -0.364. The highest BCUT2D eigenvalue weighted by Crippen LogP contribution is 2.29. The molecular formula is C27H22Br2N2O4. The molecule has 0 aliphatic rings. The Morgan fingerprint density at radius 3 is 2.51 bits per heavy atom. The van der Waals surface area contributed by atoms with E-state index < -0.39 is 0 Å². The third-order valence-corrected chi connectivity index (χ3v) is 6.00. The van der Waals surface area contributed by atoms with Crippen molar-refractivity contribution in [3.8, 4) is 17.2 Å². The number of ether oxygens (including phenoxy) is 3. The van der Waals surface area contributed by atoms with Gasteiger partial charge < -0.3 is 14.2 Å². The SMILES string of the molecule is COc1ccc(/C=N/NC(=O)COc2ccc3cc(Br)ccc3c2)cc1OCc1cccc(Br)c1. The number of nitrogens with one attached hydrogen (secondary N) is 1. The average molecular weight is 598 g/mol. The number of carbonyl (C=O) groups excluding carboxylic acids is 1. The number of hydrogen-bond acceptors (Lipinski definition) is 5. The fourth-order valence-electron chi connectivity index (χ4n) is 3.32. The Hall–Kier alpha value is -3.36. The summed E-state index contributed by atoms with van der Waals surface area (Å²) in [4.78, 5) is 12.2. The second-order valence-electron chi connectivity index (χ2n) is 7.56. The lowest BCUT2D eigenvalue weighted by Crippen LogP contribution is -2.24. The molecule has 1 amide bonds. The van der Waals surface area contributed by atoms with Crippen LogP contribution in [0.5, 0.6) is 17.2 Å². The van der Waals surface area contributed by atoms with E-state index in [0.717, 1.165) is 30.8 Å². The molecule has 4 aromatic rings. The number of nitrogens with zero attached hydrogens (tertiary/aromatic N) is 1. The molecule has 8 heteroatoms. The molecule has 6 nitrogen and oxygen atoms in total. The van der Waals surface area contributed by atoms with Crippen LogP contribution in [-0.2, 0) is 11.4 Å². The predicted octanol–water partition coefficient (Wildman–Crippen LogP) is 6.48. The van der Waals surface area contributed by atoms with E-state index in [1.54, 1.807) is 19.2 Å². The third-order valence-electron chi connectivity index (χ3n) is 5.02. The minimum absolute atomic E-state index is 0.150. The van der Waals surface area contributed by atoms with Crippen molar-refractivity contribution in [3.63, 3.8) is 0 Å². The molecule has 0 unspecified atom stereocenters. The lowest BCUT2D eigenvalue weighted by molar-refractivity contribution is -0.123. The van der Waals surface area contributed by atoms with Gasteiger partial charge in [-0.15, -0.1) is 0 Å². The van der Waals surface area contributed by atoms with Crippen LogP contribution >= 0.6 is 31.9 Å².